The molecule has 0 fully saturated rings. The number of halogens is 3. The van der Waals surface area contributed by atoms with Gasteiger partial charge in [0.05, 0.1) is 0 Å². The van der Waals surface area contributed by atoms with E-state index in [1.165, 1.54) is 24.3 Å². The molecule has 0 N–H and O–H groups in total. The highest BCUT2D eigenvalue weighted by Gasteiger charge is 2.15. The predicted octanol–water partition coefficient (Wildman–Crippen LogP) is 7.14. The monoisotopic (exact) mass is 370 g/mol. The van der Waals surface area contributed by atoms with Crippen molar-refractivity contribution in [3.05, 3.63) is 71.3 Å². The van der Waals surface area contributed by atoms with Gasteiger partial charge in [0.25, 0.3) is 0 Å². The molecule has 0 saturated heterocycles. The van der Waals surface area contributed by atoms with Crippen LogP contribution in [0.4, 0.5) is 8.78 Å². The first kappa shape index (κ1) is 23.5. The molecule has 0 saturated carbocycles. The Kier molecular flexibility index (Phi) is 14.0. The van der Waals surface area contributed by atoms with Gasteiger partial charge in [-0.1, -0.05) is 52.0 Å². The van der Waals surface area contributed by atoms with Crippen molar-refractivity contribution in [1.29, 1.82) is 0 Å². The van der Waals surface area contributed by atoms with Crippen molar-refractivity contribution in [2.45, 2.75) is 46.6 Å². The number of unbranched alkanes of at least 4 members (excludes halogenated alkanes) is 1. The van der Waals surface area contributed by atoms with Crippen LogP contribution in [0, 0.1) is 11.6 Å². The fourth-order valence-corrected chi connectivity index (χ4v) is 2.25. The van der Waals surface area contributed by atoms with Gasteiger partial charge in [-0.05, 0) is 48.2 Å². The first-order valence-corrected chi connectivity index (χ1v) is 9.42. The molecule has 140 valence electrons. The SMILES string of the molecule is CC.CC.Fc1ccc(C(OCCCCCl)c2ccc(F)cc2)cc1. The van der Waals surface area contributed by atoms with Crippen LogP contribution < -0.4 is 0 Å². The van der Waals surface area contributed by atoms with E-state index in [9.17, 15) is 8.78 Å². The van der Waals surface area contributed by atoms with Crippen LogP contribution in [-0.4, -0.2) is 12.5 Å². The quantitative estimate of drug-likeness (QED) is 0.371. The summed E-state index contributed by atoms with van der Waals surface area (Å²) in [5.74, 6) is 0.0127. The van der Waals surface area contributed by atoms with E-state index < -0.39 is 0 Å². The number of benzene rings is 2. The van der Waals surface area contributed by atoms with Crippen LogP contribution >= 0.6 is 11.6 Å². The molecule has 0 aliphatic rings. The molecule has 0 radical (unpaired) electrons. The number of rotatable bonds is 7. The second-order valence-corrected chi connectivity index (χ2v) is 5.13. The van der Waals surface area contributed by atoms with Crippen LogP contribution in [0.25, 0.3) is 0 Å². The van der Waals surface area contributed by atoms with Gasteiger partial charge in [-0.25, -0.2) is 8.78 Å². The van der Waals surface area contributed by atoms with Gasteiger partial charge in [-0.15, -0.1) is 11.6 Å². The largest absolute Gasteiger partial charge is 0.369 e. The summed E-state index contributed by atoms with van der Waals surface area (Å²) in [5.41, 5.74) is 1.68. The summed E-state index contributed by atoms with van der Waals surface area (Å²) >= 11 is 5.65. The third kappa shape index (κ3) is 8.99. The summed E-state index contributed by atoms with van der Waals surface area (Å²) in [6.45, 7) is 8.55. The van der Waals surface area contributed by atoms with Crippen LogP contribution in [0.5, 0.6) is 0 Å². The van der Waals surface area contributed by atoms with Gasteiger partial charge in [0.1, 0.15) is 17.7 Å². The first-order valence-electron chi connectivity index (χ1n) is 8.89. The van der Waals surface area contributed by atoms with Crippen LogP contribution in [0.3, 0.4) is 0 Å². The lowest BCUT2D eigenvalue weighted by molar-refractivity contribution is 0.0779. The smallest absolute Gasteiger partial charge is 0.123 e. The summed E-state index contributed by atoms with van der Waals surface area (Å²) in [4.78, 5) is 0. The van der Waals surface area contributed by atoms with Crippen molar-refractivity contribution in [2.75, 3.05) is 12.5 Å². The van der Waals surface area contributed by atoms with Gasteiger partial charge >= 0.3 is 0 Å². The van der Waals surface area contributed by atoms with Crippen molar-refractivity contribution in [3.63, 3.8) is 0 Å². The summed E-state index contributed by atoms with van der Waals surface area (Å²) < 4.78 is 32.0. The lowest BCUT2D eigenvalue weighted by Crippen LogP contribution is -2.08. The second kappa shape index (κ2) is 14.9. The Hall–Kier alpha value is -1.45. The molecule has 0 spiro atoms. The Labute approximate surface area is 156 Å². The minimum atomic E-state index is -0.332. The fraction of sp³-hybridized carbons (Fsp3) is 0.429. The van der Waals surface area contributed by atoms with Crippen LogP contribution in [0.2, 0.25) is 0 Å². The van der Waals surface area contributed by atoms with Gasteiger partial charge in [0.15, 0.2) is 0 Å². The zero-order chi connectivity index (χ0) is 19.1. The number of ether oxygens (including phenoxy) is 1. The maximum absolute atomic E-state index is 13.1. The van der Waals surface area contributed by atoms with E-state index in [0.717, 1.165) is 24.0 Å². The number of alkyl halides is 1. The van der Waals surface area contributed by atoms with E-state index in [1.54, 1.807) is 24.3 Å². The topological polar surface area (TPSA) is 9.23 Å². The maximum Gasteiger partial charge on any atom is 0.123 e. The lowest BCUT2D eigenvalue weighted by atomic mass is 10.0. The fourth-order valence-electron chi connectivity index (χ4n) is 2.06. The molecule has 4 heteroatoms. The van der Waals surface area contributed by atoms with Gasteiger partial charge in [-0.3, -0.25) is 0 Å². The molecule has 0 aromatic heterocycles. The van der Waals surface area contributed by atoms with E-state index in [2.05, 4.69) is 0 Å². The molecular formula is C21H29ClF2O. The molecule has 25 heavy (non-hydrogen) atoms. The third-order valence-electron chi connectivity index (χ3n) is 3.16. The van der Waals surface area contributed by atoms with E-state index in [4.69, 9.17) is 16.3 Å². The van der Waals surface area contributed by atoms with Crippen molar-refractivity contribution in [1.82, 2.24) is 0 Å². The van der Waals surface area contributed by atoms with Gasteiger partial charge in [0, 0.05) is 12.5 Å². The molecular weight excluding hydrogens is 342 g/mol. The zero-order valence-electron chi connectivity index (χ0n) is 15.6. The van der Waals surface area contributed by atoms with Crippen molar-refractivity contribution < 1.29 is 13.5 Å². The highest BCUT2D eigenvalue weighted by atomic mass is 35.5. The minimum Gasteiger partial charge on any atom is -0.369 e. The Morgan fingerprint density at radius 2 is 1.16 bits per heavy atom. The van der Waals surface area contributed by atoms with E-state index in [0.29, 0.717) is 12.5 Å². The first-order chi connectivity index (χ1) is 12.2. The molecule has 0 unspecified atom stereocenters. The van der Waals surface area contributed by atoms with Gasteiger partial charge in [-0.2, -0.15) is 0 Å². The van der Waals surface area contributed by atoms with Crippen LogP contribution in [0.15, 0.2) is 48.5 Å². The highest BCUT2D eigenvalue weighted by molar-refractivity contribution is 6.17. The van der Waals surface area contributed by atoms with Crippen molar-refractivity contribution >= 4 is 11.6 Å². The molecule has 0 aliphatic carbocycles. The summed E-state index contributed by atoms with van der Waals surface area (Å²) in [5, 5.41) is 0. The predicted molar refractivity (Wildman–Crippen MR) is 103 cm³/mol. The standard InChI is InChI=1S/C17H17ClF2O.2C2H6/c18-11-1-2-12-21-17(13-3-7-15(19)8-4-13)14-5-9-16(20)10-6-14;2*1-2/h3-10,17H,1-2,11-12H2;2*1-2H3. The van der Waals surface area contributed by atoms with E-state index in [1.807, 2.05) is 27.7 Å². The molecule has 0 amide bonds. The molecule has 0 bridgehead atoms. The van der Waals surface area contributed by atoms with Crippen LogP contribution in [0.1, 0.15) is 57.8 Å². The Balaban J connectivity index is 0.00000134. The molecule has 2 rings (SSSR count). The van der Waals surface area contributed by atoms with Crippen LogP contribution in [-0.2, 0) is 4.74 Å². The Morgan fingerprint density at radius 3 is 1.52 bits per heavy atom. The molecule has 2 aromatic rings. The normalized spacial score (nSPS) is 9.76. The van der Waals surface area contributed by atoms with E-state index >= 15 is 0 Å². The number of hydrogen-bond acceptors (Lipinski definition) is 1. The summed E-state index contributed by atoms with van der Waals surface area (Å²) in [7, 11) is 0. The lowest BCUT2D eigenvalue weighted by Gasteiger charge is -2.19. The highest BCUT2D eigenvalue weighted by Crippen LogP contribution is 2.26. The summed E-state index contributed by atoms with van der Waals surface area (Å²) in [6.07, 6.45) is 1.39. The average Bonchev–Trinajstić information content (AvgIpc) is 2.67. The van der Waals surface area contributed by atoms with Gasteiger partial charge in [0.2, 0.25) is 0 Å². The molecule has 0 atom stereocenters. The molecule has 0 heterocycles. The maximum atomic E-state index is 13.1. The third-order valence-corrected chi connectivity index (χ3v) is 3.43. The molecule has 2 aromatic carbocycles. The minimum absolute atomic E-state index is 0.293. The van der Waals surface area contributed by atoms with Crippen molar-refractivity contribution in [2.24, 2.45) is 0 Å². The summed E-state index contributed by atoms with van der Waals surface area (Å²) in [6, 6.07) is 12.3. The van der Waals surface area contributed by atoms with E-state index in [-0.39, 0.29) is 17.7 Å². The average molecular weight is 371 g/mol. The Bertz CT molecular complexity index is 495. The molecule has 1 nitrogen and oxygen atoms in total. The number of hydrogen-bond donors (Lipinski definition) is 0. The zero-order valence-corrected chi connectivity index (χ0v) is 16.3. The Morgan fingerprint density at radius 1 is 0.760 bits per heavy atom. The van der Waals surface area contributed by atoms with Crippen molar-refractivity contribution in [3.8, 4) is 0 Å². The molecule has 0 aliphatic heterocycles. The van der Waals surface area contributed by atoms with Gasteiger partial charge < -0.3 is 4.74 Å². The second-order valence-electron chi connectivity index (χ2n) is 4.75.